The van der Waals surface area contributed by atoms with Gasteiger partial charge in [-0.15, -0.1) is 0 Å². The predicted molar refractivity (Wildman–Crippen MR) is 80.8 cm³/mol. The van der Waals surface area contributed by atoms with Crippen LogP contribution in [0.3, 0.4) is 0 Å². The lowest BCUT2D eigenvalue weighted by molar-refractivity contribution is -0.132. The quantitative estimate of drug-likeness (QED) is 0.795. The Kier molecular flexibility index (Phi) is 5.90. The summed E-state index contributed by atoms with van der Waals surface area (Å²) in [7, 11) is 0. The molecule has 3 heteroatoms. The van der Waals surface area contributed by atoms with Crippen molar-refractivity contribution in [3.8, 4) is 5.75 Å². The molecule has 0 spiro atoms. The number of para-hydroxylation sites is 1. The zero-order chi connectivity index (χ0) is 14.2. The highest BCUT2D eigenvalue weighted by atomic mass is 16.5. The fraction of sp³-hybridized carbons (Fsp3) is 0.588. The van der Waals surface area contributed by atoms with E-state index in [1.807, 2.05) is 35.2 Å². The van der Waals surface area contributed by atoms with Gasteiger partial charge in [-0.2, -0.15) is 0 Å². The van der Waals surface area contributed by atoms with Crippen LogP contribution in [-0.2, 0) is 4.79 Å². The summed E-state index contributed by atoms with van der Waals surface area (Å²) in [5.41, 5.74) is 0. The van der Waals surface area contributed by atoms with Gasteiger partial charge in [-0.3, -0.25) is 4.79 Å². The number of unbranched alkanes of at least 4 members (excludes halogenated alkanes) is 1. The lowest BCUT2D eigenvalue weighted by Crippen LogP contribution is -2.39. The van der Waals surface area contributed by atoms with Crippen LogP contribution in [0.1, 0.15) is 39.0 Å². The second kappa shape index (κ2) is 7.93. The zero-order valence-corrected chi connectivity index (χ0v) is 12.4. The molecule has 0 aliphatic carbocycles. The molecule has 0 unspecified atom stereocenters. The first-order valence-corrected chi connectivity index (χ1v) is 7.75. The first-order valence-electron chi connectivity index (χ1n) is 7.75. The highest BCUT2D eigenvalue weighted by molar-refractivity contribution is 5.76. The number of ether oxygens (including phenoxy) is 1. The molecule has 0 aromatic heterocycles. The second-order valence-electron chi connectivity index (χ2n) is 5.55. The van der Waals surface area contributed by atoms with E-state index in [2.05, 4.69) is 6.92 Å². The number of carbonyl (C=O) groups is 1. The molecule has 1 aromatic rings. The molecule has 3 nitrogen and oxygen atoms in total. The molecule has 0 N–H and O–H groups in total. The summed E-state index contributed by atoms with van der Waals surface area (Å²) in [4.78, 5) is 14.0. The van der Waals surface area contributed by atoms with E-state index in [4.69, 9.17) is 4.74 Å². The van der Waals surface area contributed by atoms with Gasteiger partial charge in [0, 0.05) is 19.5 Å². The van der Waals surface area contributed by atoms with Gasteiger partial charge in [0.25, 0.3) is 0 Å². The summed E-state index contributed by atoms with van der Waals surface area (Å²) in [6, 6.07) is 9.95. The van der Waals surface area contributed by atoms with Gasteiger partial charge < -0.3 is 9.64 Å². The van der Waals surface area contributed by atoms with Crippen LogP contribution in [0.4, 0.5) is 0 Å². The molecule has 1 aliphatic heterocycles. The number of likely N-dealkylation sites (tertiary alicyclic amines) is 1. The van der Waals surface area contributed by atoms with Crippen LogP contribution in [-0.4, -0.2) is 30.5 Å². The van der Waals surface area contributed by atoms with Crippen LogP contribution in [0.5, 0.6) is 5.75 Å². The van der Waals surface area contributed by atoms with Crippen LogP contribution in [0.15, 0.2) is 30.3 Å². The van der Waals surface area contributed by atoms with Crippen LogP contribution in [0.2, 0.25) is 0 Å². The molecule has 20 heavy (non-hydrogen) atoms. The van der Waals surface area contributed by atoms with E-state index >= 15 is 0 Å². The third-order valence-corrected chi connectivity index (χ3v) is 3.94. The summed E-state index contributed by atoms with van der Waals surface area (Å²) in [6.45, 7) is 4.68. The van der Waals surface area contributed by atoms with Crippen molar-refractivity contribution in [2.75, 3.05) is 19.7 Å². The molecular weight excluding hydrogens is 250 g/mol. The molecule has 1 amide bonds. The third-order valence-electron chi connectivity index (χ3n) is 3.94. The number of rotatable bonds is 6. The topological polar surface area (TPSA) is 29.5 Å². The molecule has 0 bridgehead atoms. The summed E-state index contributed by atoms with van der Waals surface area (Å²) >= 11 is 0. The normalized spacial score (nSPS) is 16.1. The Morgan fingerprint density at radius 3 is 2.60 bits per heavy atom. The first kappa shape index (κ1) is 14.9. The Morgan fingerprint density at radius 1 is 1.25 bits per heavy atom. The van der Waals surface area contributed by atoms with E-state index in [9.17, 15) is 4.79 Å². The van der Waals surface area contributed by atoms with Crippen molar-refractivity contribution in [1.29, 1.82) is 0 Å². The van der Waals surface area contributed by atoms with Gasteiger partial charge in [-0.25, -0.2) is 0 Å². The average Bonchev–Trinajstić information content (AvgIpc) is 2.52. The Bertz CT molecular complexity index is 397. The molecule has 0 radical (unpaired) electrons. The van der Waals surface area contributed by atoms with Gasteiger partial charge in [-0.1, -0.05) is 31.5 Å². The average molecular weight is 275 g/mol. The number of piperidine rings is 1. The van der Waals surface area contributed by atoms with Gasteiger partial charge in [0.2, 0.25) is 5.91 Å². The number of hydrogen-bond donors (Lipinski definition) is 0. The molecule has 0 atom stereocenters. The van der Waals surface area contributed by atoms with Crippen LogP contribution < -0.4 is 4.74 Å². The molecule has 110 valence electrons. The van der Waals surface area contributed by atoms with Crippen molar-refractivity contribution in [2.45, 2.75) is 39.0 Å². The van der Waals surface area contributed by atoms with Gasteiger partial charge in [0.1, 0.15) is 5.75 Å². The van der Waals surface area contributed by atoms with Crippen molar-refractivity contribution >= 4 is 5.91 Å². The lowest BCUT2D eigenvalue weighted by Gasteiger charge is -2.32. The van der Waals surface area contributed by atoms with E-state index in [-0.39, 0.29) is 0 Å². The highest BCUT2D eigenvalue weighted by Gasteiger charge is 2.22. The molecule has 1 saturated heterocycles. The number of carbonyl (C=O) groups excluding carboxylic acids is 1. The maximum atomic E-state index is 11.9. The highest BCUT2D eigenvalue weighted by Crippen LogP contribution is 2.20. The monoisotopic (exact) mass is 275 g/mol. The standard InChI is InChI=1S/C17H25NO2/c1-2-3-9-17(19)18-12-10-15(11-13-18)14-20-16-7-5-4-6-8-16/h4-8,15H,2-3,9-14H2,1H3. The van der Waals surface area contributed by atoms with Gasteiger partial charge in [-0.05, 0) is 37.3 Å². The smallest absolute Gasteiger partial charge is 0.222 e. The van der Waals surface area contributed by atoms with E-state index in [1.54, 1.807) is 0 Å². The number of hydrogen-bond acceptors (Lipinski definition) is 2. The molecule has 1 aliphatic rings. The predicted octanol–water partition coefficient (Wildman–Crippen LogP) is 3.49. The minimum Gasteiger partial charge on any atom is -0.493 e. The second-order valence-corrected chi connectivity index (χ2v) is 5.55. The minimum atomic E-state index is 0.328. The summed E-state index contributed by atoms with van der Waals surface area (Å²) in [6.07, 6.45) is 4.93. The zero-order valence-electron chi connectivity index (χ0n) is 12.4. The van der Waals surface area contributed by atoms with Crippen LogP contribution >= 0.6 is 0 Å². The fourth-order valence-electron chi connectivity index (χ4n) is 2.57. The first-order chi connectivity index (χ1) is 9.79. The maximum Gasteiger partial charge on any atom is 0.222 e. The molecule has 1 fully saturated rings. The number of amides is 1. The van der Waals surface area contributed by atoms with Crippen molar-refractivity contribution in [3.05, 3.63) is 30.3 Å². The Balaban J connectivity index is 1.68. The van der Waals surface area contributed by atoms with Gasteiger partial charge in [0.05, 0.1) is 6.61 Å². The molecular formula is C17H25NO2. The maximum absolute atomic E-state index is 11.9. The van der Waals surface area contributed by atoms with Crippen molar-refractivity contribution < 1.29 is 9.53 Å². The van der Waals surface area contributed by atoms with Crippen LogP contribution in [0.25, 0.3) is 0 Å². The van der Waals surface area contributed by atoms with Gasteiger partial charge in [0.15, 0.2) is 0 Å². The molecule has 1 aromatic carbocycles. The van der Waals surface area contributed by atoms with E-state index in [0.29, 0.717) is 18.2 Å². The Morgan fingerprint density at radius 2 is 1.95 bits per heavy atom. The molecule has 1 heterocycles. The number of nitrogens with zero attached hydrogens (tertiary/aromatic N) is 1. The van der Waals surface area contributed by atoms with E-state index in [1.165, 1.54) is 0 Å². The summed E-state index contributed by atoms with van der Waals surface area (Å²) in [5.74, 6) is 1.84. The van der Waals surface area contributed by atoms with Crippen LogP contribution in [0, 0.1) is 5.92 Å². The van der Waals surface area contributed by atoms with Crippen molar-refractivity contribution in [1.82, 2.24) is 4.90 Å². The van der Waals surface area contributed by atoms with Crippen molar-refractivity contribution in [3.63, 3.8) is 0 Å². The molecule has 2 rings (SSSR count). The largest absolute Gasteiger partial charge is 0.493 e. The Labute approximate surface area is 121 Å². The van der Waals surface area contributed by atoms with Crippen molar-refractivity contribution in [2.24, 2.45) is 5.92 Å². The summed E-state index contributed by atoms with van der Waals surface area (Å²) in [5, 5.41) is 0. The SMILES string of the molecule is CCCCC(=O)N1CCC(COc2ccccc2)CC1. The number of benzene rings is 1. The summed E-state index contributed by atoms with van der Waals surface area (Å²) < 4.78 is 5.80. The third kappa shape index (κ3) is 4.55. The van der Waals surface area contributed by atoms with E-state index in [0.717, 1.165) is 51.1 Å². The molecule has 0 saturated carbocycles. The van der Waals surface area contributed by atoms with Gasteiger partial charge >= 0.3 is 0 Å². The minimum absolute atomic E-state index is 0.328. The fourth-order valence-corrected chi connectivity index (χ4v) is 2.57. The Hall–Kier alpha value is -1.51. The lowest BCUT2D eigenvalue weighted by atomic mass is 9.97. The van der Waals surface area contributed by atoms with E-state index < -0.39 is 0 Å².